The van der Waals surface area contributed by atoms with Gasteiger partial charge in [-0.25, -0.2) is 4.98 Å². The first-order valence-electron chi connectivity index (χ1n) is 7.66. The molecule has 0 radical (unpaired) electrons. The number of benzene rings is 2. The van der Waals surface area contributed by atoms with Gasteiger partial charge < -0.3 is 10.1 Å². The maximum atomic E-state index is 12.5. The Morgan fingerprint density at radius 3 is 2.81 bits per heavy atom. The van der Waals surface area contributed by atoms with Crippen molar-refractivity contribution in [2.24, 2.45) is 0 Å². The highest BCUT2D eigenvalue weighted by molar-refractivity contribution is 9.10. The summed E-state index contributed by atoms with van der Waals surface area (Å²) in [6, 6.07) is 9.13. The van der Waals surface area contributed by atoms with E-state index in [1.807, 2.05) is 0 Å². The molecule has 2 aromatic carbocycles. The number of nitrogens with one attached hydrogen (secondary N) is 1. The number of nitro groups is 1. The van der Waals surface area contributed by atoms with E-state index in [1.165, 1.54) is 31.6 Å². The standard InChI is InChI=1S/C17H13BrN4O5/c1-27-11-3-5-14(15(7-11)22(25)26)20-16(23)8-21-9-19-13-4-2-10(18)6-12(13)17(21)24/h2-7,9H,8H2,1H3,(H,20,23). The molecule has 1 aromatic heterocycles. The lowest BCUT2D eigenvalue weighted by molar-refractivity contribution is -0.384. The van der Waals surface area contributed by atoms with Crippen LogP contribution in [-0.4, -0.2) is 27.5 Å². The number of aromatic nitrogens is 2. The zero-order chi connectivity index (χ0) is 19.6. The van der Waals surface area contributed by atoms with Gasteiger partial charge in [0.15, 0.2) is 0 Å². The molecule has 0 bridgehead atoms. The third-order valence-corrected chi connectivity index (χ3v) is 4.27. The Morgan fingerprint density at radius 1 is 1.33 bits per heavy atom. The molecule has 0 aliphatic rings. The molecule has 0 unspecified atom stereocenters. The number of nitro benzene ring substituents is 1. The number of carbonyl (C=O) groups is 1. The smallest absolute Gasteiger partial charge is 0.296 e. The quantitative estimate of drug-likeness (QED) is 0.489. The van der Waals surface area contributed by atoms with Crippen molar-refractivity contribution in [2.45, 2.75) is 6.54 Å². The number of anilines is 1. The number of methoxy groups -OCH3 is 1. The van der Waals surface area contributed by atoms with Crippen LogP contribution in [0.25, 0.3) is 10.9 Å². The molecule has 9 nitrogen and oxygen atoms in total. The van der Waals surface area contributed by atoms with E-state index in [-0.39, 0.29) is 23.5 Å². The molecular weight excluding hydrogens is 420 g/mol. The van der Waals surface area contributed by atoms with Crippen LogP contribution in [0.15, 0.2) is 52.0 Å². The van der Waals surface area contributed by atoms with Gasteiger partial charge in [-0.15, -0.1) is 0 Å². The number of fused-ring (bicyclic) bond motifs is 1. The molecule has 1 N–H and O–H groups in total. The van der Waals surface area contributed by atoms with Gasteiger partial charge in [0.1, 0.15) is 18.0 Å². The molecule has 3 rings (SSSR count). The highest BCUT2D eigenvalue weighted by atomic mass is 79.9. The number of ether oxygens (including phenoxy) is 1. The fourth-order valence-corrected chi connectivity index (χ4v) is 2.84. The first kappa shape index (κ1) is 18.5. The van der Waals surface area contributed by atoms with Crippen LogP contribution in [0.4, 0.5) is 11.4 Å². The summed E-state index contributed by atoms with van der Waals surface area (Å²) in [6.45, 7) is -0.336. The molecule has 138 valence electrons. The van der Waals surface area contributed by atoms with Crippen molar-refractivity contribution in [1.82, 2.24) is 9.55 Å². The Balaban J connectivity index is 1.87. The lowest BCUT2D eigenvalue weighted by atomic mass is 10.2. The molecule has 0 fully saturated rings. The molecule has 0 saturated carbocycles. The first-order valence-corrected chi connectivity index (χ1v) is 8.45. The fourth-order valence-electron chi connectivity index (χ4n) is 2.48. The number of nitrogens with zero attached hydrogens (tertiary/aromatic N) is 3. The Labute approximate surface area is 160 Å². The topological polar surface area (TPSA) is 116 Å². The van der Waals surface area contributed by atoms with Gasteiger partial charge in [-0.2, -0.15) is 0 Å². The second kappa shape index (κ2) is 7.54. The number of halogens is 1. The minimum Gasteiger partial charge on any atom is -0.496 e. The third kappa shape index (κ3) is 3.95. The monoisotopic (exact) mass is 432 g/mol. The molecule has 27 heavy (non-hydrogen) atoms. The molecule has 0 saturated heterocycles. The van der Waals surface area contributed by atoms with E-state index in [0.29, 0.717) is 21.1 Å². The lowest BCUT2D eigenvalue weighted by Crippen LogP contribution is -2.28. The Kier molecular flexibility index (Phi) is 5.17. The van der Waals surface area contributed by atoms with E-state index in [1.54, 1.807) is 18.2 Å². The molecule has 0 aliphatic carbocycles. The number of hydrogen-bond acceptors (Lipinski definition) is 6. The minimum atomic E-state index is -0.626. The molecule has 10 heteroatoms. The zero-order valence-corrected chi connectivity index (χ0v) is 15.6. The average Bonchev–Trinajstić information content (AvgIpc) is 2.64. The van der Waals surface area contributed by atoms with Crippen LogP contribution in [0.1, 0.15) is 0 Å². The summed E-state index contributed by atoms with van der Waals surface area (Å²) in [5.74, 6) is -0.304. The molecule has 0 atom stereocenters. The van der Waals surface area contributed by atoms with Crippen LogP contribution in [0.2, 0.25) is 0 Å². The average molecular weight is 433 g/mol. The number of hydrogen-bond donors (Lipinski definition) is 1. The van der Waals surface area contributed by atoms with Crippen molar-refractivity contribution >= 4 is 44.1 Å². The van der Waals surface area contributed by atoms with Crippen LogP contribution in [0, 0.1) is 10.1 Å². The van der Waals surface area contributed by atoms with Gasteiger partial charge in [-0.3, -0.25) is 24.3 Å². The van der Waals surface area contributed by atoms with Gasteiger partial charge in [0, 0.05) is 4.47 Å². The highest BCUT2D eigenvalue weighted by Crippen LogP contribution is 2.28. The van der Waals surface area contributed by atoms with Crippen LogP contribution in [-0.2, 0) is 11.3 Å². The predicted molar refractivity (Wildman–Crippen MR) is 102 cm³/mol. The maximum absolute atomic E-state index is 12.5. The van der Waals surface area contributed by atoms with E-state index < -0.39 is 10.8 Å². The zero-order valence-electron chi connectivity index (χ0n) is 14.0. The van der Waals surface area contributed by atoms with Gasteiger partial charge >= 0.3 is 0 Å². The summed E-state index contributed by atoms with van der Waals surface area (Å²) in [4.78, 5) is 39.5. The highest BCUT2D eigenvalue weighted by Gasteiger charge is 2.18. The van der Waals surface area contributed by atoms with Crippen LogP contribution in [0.3, 0.4) is 0 Å². The summed E-state index contributed by atoms with van der Waals surface area (Å²) in [5.41, 5.74) is -0.183. The van der Waals surface area contributed by atoms with Gasteiger partial charge in [0.25, 0.3) is 11.2 Å². The maximum Gasteiger partial charge on any atom is 0.296 e. The van der Waals surface area contributed by atoms with Crippen molar-refractivity contribution in [1.29, 1.82) is 0 Å². The van der Waals surface area contributed by atoms with Crippen LogP contribution in [0.5, 0.6) is 5.75 Å². The summed E-state index contributed by atoms with van der Waals surface area (Å²) >= 11 is 3.29. The molecule has 0 spiro atoms. The summed E-state index contributed by atoms with van der Waals surface area (Å²) in [5, 5.41) is 14.0. The second-order valence-electron chi connectivity index (χ2n) is 5.53. The van der Waals surface area contributed by atoms with Gasteiger partial charge in [-0.05, 0) is 30.3 Å². The molecule has 1 heterocycles. The van der Waals surface area contributed by atoms with Gasteiger partial charge in [0.2, 0.25) is 5.91 Å². The molecule has 1 amide bonds. The minimum absolute atomic E-state index is 0.00958. The number of carbonyl (C=O) groups excluding carboxylic acids is 1. The van der Waals surface area contributed by atoms with E-state index in [2.05, 4.69) is 26.2 Å². The first-order chi connectivity index (χ1) is 12.9. The van der Waals surface area contributed by atoms with Crippen molar-refractivity contribution < 1.29 is 14.5 Å². The Morgan fingerprint density at radius 2 is 2.11 bits per heavy atom. The second-order valence-corrected chi connectivity index (χ2v) is 6.44. The third-order valence-electron chi connectivity index (χ3n) is 3.78. The molecule has 3 aromatic rings. The largest absolute Gasteiger partial charge is 0.496 e. The fraction of sp³-hybridized carbons (Fsp3) is 0.118. The van der Waals surface area contributed by atoms with Crippen LogP contribution >= 0.6 is 15.9 Å². The van der Waals surface area contributed by atoms with E-state index in [9.17, 15) is 19.7 Å². The normalized spacial score (nSPS) is 10.6. The van der Waals surface area contributed by atoms with Gasteiger partial charge in [-0.1, -0.05) is 15.9 Å². The van der Waals surface area contributed by atoms with E-state index in [0.717, 1.165) is 4.57 Å². The van der Waals surface area contributed by atoms with Crippen molar-refractivity contribution in [3.63, 3.8) is 0 Å². The van der Waals surface area contributed by atoms with Crippen molar-refractivity contribution in [3.05, 3.63) is 67.7 Å². The number of amides is 1. The molecular formula is C17H13BrN4O5. The summed E-state index contributed by atoms with van der Waals surface area (Å²) in [7, 11) is 1.38. The Bertz CT molecular complexity index is 1110. The molecule has 0 aliphatic heterocycles. The van der Waals surface area contributed by atoms with E-state index >= 15 is 0 Å². The Hall–Kier alpha value is -3.27. The predicted octanol–water partition coefficient (Wildman–Crippen LogP) is 2.71. The summed E-state index contributed by atoms with van der Waals surface area (Å²) in [6.07, 6.45) is 1.26. The summed E-state index contributed by atoms with van der Waals surface area (Å²) < 4.78 is 6.80. The van der Waals surface area contributed by atoms with Gasteiger partial charge in [0.05, 0.1) is 35.3 Å². The van der Waals surface area contributed by atoms with Crippen molar-refractivity contribution in [2.75, 3.05) is 12.4 Å². The lowest BCUT2D eigenvalue weighted by Gasteiger charge is -2.09. The SMILES string of the molecule is COc1ccc(NC(=O)Cn2cnc3ccc(Br)cc3c2=O)c([N+](=O)[O-])c1. The van der Waals surface area contributed by atoms with E-state index in [4.69, 9.17) is 4.74 Å². The number of rotatable bonds is 5. The van der Waals surface area contributed by atoms with Crippen molar-refractivity contribution in [3.8, 4) is 5.75 Å². The van der Waals surface area contributed by atoms with Crippen LogP contribution < -0.4 is 15.6 Å².